The number of piperidine rings is 1. The molecule has 1 unspecified atom stereocenters. The van der Waals surface area contributed by atoms with Gasteiger partial charge in [-0.1, -0.05) is 26.7 Å². The van der Waals surface area contributed by atoms with Crippen LogP contribution in [0, 0.1) is 5.92 Å². The first-order valence-electron chi connectivity index (χ1n) is 8.07. The topological polar surface area (TPSA) is 41.6 Å². The molecule has 1 saturated heterocycles. The Bertz CT molecular complexity index is 295. The number of hydrogen-bond donors (Lipinski definition) is 1. The molecule has 1 aliphatic heterocycles. The Morgan fingerprint density at radius 3 is 2.55 bits per heavy atom. The molecule has 0 aromatic carbocycles. The van der Waals surface area contributed by atoms with Crippen LogP contribution in [0.25, 0.3) is 0 Å². The van der Waals surface area contributed by atoms with Crippen molar-refractivity contribution < 1.29 is 9.53 Å². The molecule has 0 spiro atoms. The van der Waals surface area contributed by atoms with E-state index in [1.165, 1.54) is 12.8 Å². The van der Waals surface area contributed by atoms with Gasteiger partial charge in [-0.15, -0.1) is 0 Å². The van der Waals surface area contributed by atoms with Crippen LogP contribution in [0.1, 0.15) is 60.3 Å². The summed E-state index contributed by atoms with van der Waals surface area (Å²) in [5.41, 5.74) is -0.410. The van der Waals surface area contributed by atoms with Crippen molar-refractivity contribution in [3.63, 3.8) is 0 Å². The van der Waals surface area contributed by atoms with Crippen molar-refractivity contribution in [2.75, 3.05) is 19.6 Å². The Hall–Kier alpha value is -0.770. The van der Waals surface area contributed by atoms with Crippen LogP contribution >= 0.6 is 0 Å². The highest BCUT2D eigenvalue weighted by Crippen LogP contribution is 2.16. The smallest absolute Gasteiger partial charge is 0.410 e. The van der Waals surface area contributed by atoms with Gasteiger partial charge < -0.3 is 15.0 Å². The van der Waals surface area contributed by atoms with Gasteiger partial charge in [0, 0.05) is 19.1 Å². The highest BCUT2D eigenvalue weighted by atomic mass is 16.6. The van der Waals surface area contributed by atoms with Gasteiger partial charge in [0.15, 0.2) is 0 Å². The quantitative estimate of drug-likeness (QED) is 0.841. The van der Waals surface area contributed by atoms with E-state index in [-0.39, 0.29) is 6.09 Å². The zero-order valence-corrected chi connectivity index (χ0v) is 13.9. The molecule has 118 valence electrons. The van der Waals surface area contributed by atoms with Crippen LogP contribution in [0.2, 0.25) is 0 Å². The normalized spacial score (nSPS) is 20.3. The standard InChI is InChI=1S/C16H32N2O2/c1-6-13(7-2)11-17-14-9-8-10-18(12-14)15(19)20-16(3,4)5/h13-14,17H,6-12H2,1-5H3. The Morgan fingerprint density at radius 1 is 1.35 bits per heavy atom. The number of hydrogen-bond acceptors (Lipinski definition) is 3. The Balaban J connectivity index is 2.40. The summed E-state index contributed by atoms with van der Waals surface area (Å²) in [4.78, 5) is 13.9. The van der Waals surface area contributed by atoms with Crippen molar-refractivity contribution in [2.45, 2.75) is 71.9 Å². The minimum Gasteiger partial charge on any atom is -0.444 e. The van der Waals surface area contributed by atoms with E-state index >= 15 is 0 Å². The van der Waals surface area contributed by atoms with Crippen LogP contribution in [0.3, 0.4) is 0 Å². The fourth-order valence-corrected chi connectivity index (χ4v) is 2.55. The number of carbonyl (C=O) groups excluding carboxylic acids is 1. The van der Waals surface area contributed by atoms with Gasteiger partial charge in [0.25, 0.3) is 0 Å². The molecule has 4 heteroatoms. The first-order valence-corrected chi connectivity index (χ1v) is 8.07. The van der Waals surface area contributed by atoms with E-state index in [2.05, 4.69) is 19.2 Å². The summed E-state index contributed by atoms with van der Waals surface area (Å²) in [6.45, 7) is 12.9. The first-order chi connectivity index (χ1) is 9.35. The van der Waals surface area contributed by atoms with Crippen LogP contribution in [0.5, 0.6) is 0 Å². The second-order valence-electron chi connectivity index (χ2n) is 6.86. The second kappa shape index (κ2) is 7.87. The minimum atomic E-state index is -0.410. The third-order valence-corrected chi connectivity index (χ3v) is 3.92. The molecule has 0 aliphatic carbocycles. The van der Waals surface area contributed by atoms with Gasteiger partial charge in [-0.25, -0.2) is 4.79 Å². The zero-order valence-electron chi connectivity index (χ0n) is 13.9. The molecule has 1 rings (SSSR count). The second-order valence-corrected chi connectivity index (χ2v) is 6.86. The Morgan fingerprint density at radius 2 is 2.00 bits per heavy atom. The fraction of sp³-hybridized carbons (Fsp3) is 0.938. The monoisotopic (exact) mass is 284 g/mol. The van der Waals surface area contributed by atoms with Crippen molar-refractivity contribution in [1.82, 2.24) is 10.2 Å². The molecule has 1 amide bonds. The number of rotatable bonds is 5. The summed E-state index contributed by atoms with van der Waals surface area (Å²) in [5, 5.41) is 3.62. The van der Waals surface area contributed by atoms with Crippen LogP contribution < -0.4 is 5.32 Å². The van der Waals surface area contributed by atoms with Crippen molar-refractivity contribution in [3.8, 4) is 0 Å². The van der Waals surface area contributed by atoms with E-state index in [1.807, 2.05) is 25.7 Å². The number of nitrogens with one attached hydrogen (secondary N) is 1. The molecule has 0 aromatic rings. The van der Waals surface area contributed by atoms with Crippen molar-refractivity contribution in [1.29, 1.82) is 0 Å². The van der Waals surface area contributed by atoms with Crippen LogP contribution in [-0.4, -0.2) is 42.3 Å². The molecular formula is C16H32N2O2. The number of likely N-dealkylation sites (tertiary alicyclic amines) is 1. The summed E-state index contributed by atoms with van der Waals surface area (Å²) in [6, 6.07) is 0.414. The predicted molar refractivity (Wildman–Crippen MR) is 82.9 cm³/mol. The lowest BCUT2D eigenvalue weighted by atomic mass is 10.0. The van der Waals surface area contributed by atoms with E-state index in [0.29, 0.717) is 6.04 Å². The summed E-state index contributed by atoms with van der Waals surface area (Å²) < 4.78 is 5.45. The van der Waals surface area contributed by atoms with E-state index in [1.54, 1.807) is 0 Å². The lowest BCUT2D eigenvalue weighted by molar-refractivity contribution is 0.0186. The molecule has 1 N–H and O–H groups in total. The van der Waals surface area contributed by atoms with Crippen molar-refractivity contribution in [3.05, 3.63) is 0 Å². The molecule has 0 radical (unpaired) electrons. The van der Waals surface area contributed by atoms with Gasteiger partial charge in [-0.3, -0.25) is 0 Å². The van der Waals surface area contributed by atoms with Crippen molar-refractivity contribution in [2.24, 2.45) is 5.92 Å². The number of ether oxygens (including phenoxy) is 1. The molecular weight excluding hydrogens is 252 g/mol. The Labute approximate surface area is 124 Å². The first kappa shape index (κ1) is 17.3. The van der Waals surface area contributed by atoms with Gasteiger partial charge in [-0.2, -0.15) is 0 Å². The lowest BCUT2D eigenvalue weighted by Gasteiger charge is -2.35. The molecule has 0 bridgehead atoms. The van der Waals surface area contributed by atoms with Gasteiger partial charge >= 0.3 is 6.09 Å². The molecule has 1 heterocycles. The van der Waals surface area contributed by atoms with Gasteiger partial charge in [0.05, 0.1) is 0 Å². The largest absolute Gasteiger partial charge is 0.444 e. The van der Waals surface area contributed by atoms with E-state index < -0.39 is 5.60 Å². The highest BCUT2D eigenvalue weighted by molar-refractivity contribution is 5.68. The van der Waals surface area contributed by atoms with Crippen molar-refractivity contribution >= 4 is 6.09 Å². The summed E-state index contributed by atoms with van der Waals surface area (Å²) in [7, 11) is 0. The average molecular weight is 284 g/mol. The Kier molecular flexibility index (Phi) is 6.80. The highest BCUT2D eigenvalue weighted by Gasteiger charge is 2.27. The zero-order chi connectivity index (χ0) is 15.2. The third kappa shape index (κ3) is 6.12. The number of nitrogens with zero attached hydrogens (tertiary/aromatic N) is 1. The maximum absolute atomic E-state index is 12.1. The summed E-state index contributed by atoms with van der Waals surface area (Å²) in [6.07, 6.45) is 4.46. The van der Waals surface area contributed by atoms with Gasteiger partial charge in [0.1, 0.15) is 5.60 Å². The van der Waals surface area contributed by atoms with Gasteiger partial charge in [0.2, 0.25) is 0 Å². The predicted octanol–water partition coefficient (Wildman–Crippen LogP) is 3.41. The maximum Gasteiger partial charge on any atom is 0.410 e. The maximum atomic E-state index is 12.1. The molecule has 20 heavy (non-hydrogen) atoms. The number of amides is 1. The summed E-state index contributed by atoms with van der Waals surface area (Å²) >= 11 is 0. The van der Waals surface area contributed by atoms with Gasteiger partial charge in [-0.05, 0) is 46.1 Å². The SMILES string of the molecule is CCC(CC)CNC1CCCN(C(=O)OC(C)(C)C)C1. The van der Waals surface area contributed by atoms with E-state index in [9.17, 15) is 4.79 Å². The van der Waals surface area contributed by atoms with E-state index in [0.717, 1.165) is 38.4 Å². The molecule has 4 nitrogen and oxygen atoms in total. The third-order valence-electron chi connectivity index (χ3n) is 3.92. The molecule has 1 fully saturated rings. The van der Waals surface area contributed by atoms with Crippen LogP contribution in [-0.2, 0) is 4.74 Å². The fourth-order valence-electron chi connectivity index (χ4n) is 2.55. The lowest BCUT2D eigenvalue weighted by Crippen LogP contribution is -2.50. The average Bonchev–Trinajstić information content (AvgIpc) is 2.38. The minimum absolute atomic E-state index is 0.175. The molecule has 0 saturated carbocycles. The van der Waals surface area contributed by atoms with Crippen LogP contribution in [0.4, 0.5) is 4.79 Å². The molecule has 1 aliphatic rings. The number of carbonyl (C=O) groups is 1. The summed E-state index contributed by atoms with van der Waals surface area (Å²) in [5.74, 6) is 0.743. The van der Waals surface area contributed by atoms with Crippen LogP contribution in [0.15, 0.2) is 0 Å². The molecule has 0 aromatic heterocycles. The molecule has 1 atom stereocenters. The van der Waals surface area contributed by atoms with E-state index in [4.69, 9.17) is 4.74 Å².